The van der Waals surface area contributed by atoms with E-state index in [1.54, 1.807) is 6.92 Å². The van der Waals surface area contributed by atoms with Crippen LogP contribution in [-0.2, 0) is 0 Å². The second-order valence-electron chi connectivity index (χ2n) is 5.79. The van der Waals surface area contributed by atoms with E-state index in [1.165, 1.54) is 0 Å². The number of rotatable bonds is 5. The zero-order chi connectivity index (χ0) is 16.3. The average Bonchev–Trinajstić information content (AvgIpc) is 2.44. The van der Waals surface area contributed by atoms with Gasteiger partial charge in [-0.3, -0.25) is 0 Å². The van der Waals surface area contributed by atoms with E-state index in [4.69, 9.17) is 9.47 Å². The zero-order valence-electron chi connectivity index (χ0n) is 13.9. The first kappa shape index (κ1) is 16.4. The summed E-state index contributed by atoms with van der Waals surface area (Å²) < 4.78 is 12.0. The lowest BCUT2D eigenvalue weighted by atomic mass is 10.1. The summed E-state index contributed by atoms with van der Waals surface area (Å²) in [5, 5.41) is 10.0. The highest BCUT2D eigenvalue weighted by Crippen LogP contribution is 2.28. The Kier molecular flexibility index (Phi) is 5.09. The maximum atomic E-state index is 10.0. The summed E-state index contributed by atoms with van der Waals surface area (Å²) in [5.41, 5.74) is 4.10. The largest absolute Gasteiger partial charge is 0.452 e. The minimum atomic E-state index is -0.752. The minimum Gasteiger partial charge on any atom is -0.452 e. The zero-order valence-corrected chi connectivity index (χ0v) is 13.9. The van der Waals surface area contributed by atoms with Gasteiger partial charge in [0.1, 0.15) is 17.6 Å². The summed E-state index contributed by atoms with van der Waals surface area (Å²) in [6, 6.07) is 11.9. The van der Waals surface area contributed by atoms with Crippen molar-refractivity contribution in [2.45, 2.75) is 47.0 Å². The number of aryl methyl sites for hydroxylation is 4. The fourth-order valence-corrected chi connectivity index (χ4v) is 2.42. The molecule has 0 saturated heterocycles. The molecule has 2 aromatic rings. The summed E-state index contributed by atoms with van der Waals surface area (Å²) in [6.45, 7) is 9.62. The standard InChI is InChI=1S/C19H24O3/c1-12-8-6-9-13(2)17(12)21-19(16(5)20)22-18-14(3)10-7-11-15(18)4/h6-11,16,19-20H,1-5H3. The Morgan fingerprint density at radius 1 is 0.727 bits per heavy atom. The highest BCUT2D eigenvalue weighted by Gasteiger charge is 2.22. The molecule has 0 aliphatic heterocycles. The van der Waals surface area contributed by atoms with Gasteiger partial charge in [0.25, 0.3) is 6.29 Å². The minimum absolute atomic E-state index is 0.750. The van der Waals surface area contributed by atoms with Gasteiger partial charge in [0, 0.05) is 0 Å². The first-order valence-corrected chi connectivity index (χ1v) is 7.54. The van der Waals surface area contributed by atoms with Gasteiger partial charge in [-0.25, -0.2) is 0 Å². The lowest BCUT2D eigenvalue weighted by Gasteiger charge is -2.26. The molecule has 0 aliphatic rings. The van der Waals surface area contributed by atoms with Gasteiger partial charge in [-0.2, -0.15) is 0 Å². The number of hydrogen-bond donors (Lipinski definition) is 1. The average molecular weight is 300 g/mol. The molecule has 0 heterocycles. The first-order valence-electron chi connectivity index (χ1n) is 7.54. The number of aliphatic hydroxyl groups is 1. The Balaban J connectivity index is 2.28. The van der Waals surface area contributed by atoms with Crippen LogP contribution in [0.4, 0.5) is 0 Å². The van der Waals surface area contributed by atoms with Crippen LogP contribution < -0.4 is 9.47 Å². The van der Waals surface area contributed by atoms with Crippen LogP contribution in [0, 0.1) is 27.7 Å². The van der Waals surface area contributed by atoms with Gasteiger partial charge in [-0.05, 0) is 56.9 Å². The van der Waals surface area contributed by atoms with Crippen molar-refractivity contribution in [3.8, 4) is 11.5 Å². The molecular formula is C19H24O3. The molecule has 1 atom stereocenters. The summed E-state index contributed by atoms with van der Waals surface area (Å²) in [5.74, 6) is 1.53. The van der Waals surface area contributed by atoms with E-state index >= 15 is 0 Å². The second-order valence-corrected chi connectivity index (χ2v) is 5.79. The lowest BCUT2D eigenvalue weighted by molar-refractivity contribution is -0.0789. The van der Waals surface area contributed by atoms with E-state index in [-0.39, 0.29) is 0 Å². The smallest absolute Gasteiger partial charge is 0.266 e. The van der Waals surface area contributed by atoms with Gasteiger partial charge in [0.15, 0.2) is 0 Å². The number of ether oxygens (including phenoxy) is 2. The molecule has 0 spiro atoms. The maximum absolute atomic E-state index is 10.0. The fraction of sp³-hybridized carbons (Fsp3) is 0.368. The summed E-state index contributed by atoms with van der Waals surface area (Å²) >= 11 is 0. The number of para-hydroxylation sites is 2. The van der Waals surface area contributed by atoms with E-state index in [9.17, 15) is 5.11 Å². The van der Waals surface area contributed by atoms with Crippen molar-refractivity contribution in [3.63, 3.8) is 0 Å². The third-order valence-electron chi connectivity index (χ3n) is 3.68. The summed E-state index contributed by atoms with van der Waals surface area (Å²) in [7, 11) is 0. The molecule has 0 amide bonds. The molecule has 2 rings (SSSR count). The Labute approximate surface area is 132 Å². The van der Waals surface area contributed by atoms with Crippen molar-refractivity contribution in [1.82, 2.24) is 0 Å². The third kappa shape index (κ3) is 3.60. The summed E-state index contributed by atoms with van der Waals surface area (Å²) in [4.78, 5) is 0. The van der Waals surface area contributed by atoms with Crippen LogP contribution in [-0.4, -0.2) is 17.5 Å². The Morgan fingerprint density at radius 3 is 1.32 bits per heavy atom. The lowest BCUT2D eigenvalue weighted by Crippen LogP contribution is -2.35. The van der Waals surface area contributed by atoms with Gasteiger partial charge < -0.3 is 14.6 Å². The van der Waals surface area contributed by atoms with Crippen LogP contribution in [0.3, 0.4) is 0 Å². The van der Waals surface area contributed by atoms with Crippen molar-refractivity contribution in [1.29, 1.82) is 0 Å². The predicted molar refractivity (Wildman–Crippen MR) is 88.6 cm³/mol. The monoisotopic (exact) mass is 300 g/mol. The number of aliphatic hydroxyl groups excluding tert-OH is 1. The molecule has 2 aromatic carbocycles. The quantitative estimate of drug-likeness (QED) is 0.845. The molecule has 0 aliphatic carbocycles. The van der Waals surface area contributed by atoms with Crippen LogP contribution in [0.25, 0.3) is 0 Å². The molecule has 118 valence electrons. The van der Waals surface area contributed by atoms with Crippen LogP contribution in [0.5, 0.6) is 11.5 Å². The molecule has 3 nitrogen and oxygen atoms in total. The van der Waals surface area contributed by atoms with E-state index in [0.29, 0.717) is 0 Å². The topological polar surface area (TPSA) is 38.7 Å². The van der Waals surface area contributed by atoms with Crippen molar-refractivity contribution >= 4 is 0 Å². The Morgan fingerprint density at radius 2 is 1.05 bits per heavy atom. The van der Waals surface area contributed by atoms with Gasteiger partial charge in [0.05, 0.1) is 0 Å². The molecule has 0 saturated carbocycles. The van der Waals surface area contributed by atoms with Crippen LogP contribution in [0.2, 0.25) is 0 Å². The van der Waals surface area contributed by atoms with Gasteiger partial charge >= 0.3 is 0 Å². The second kappa shape index (κ2) is 6.84. The van der Waals surface area contributed by atoms with Crippen LogP contribution >= 0.6 is 0 Å². The first-order chi connectivity index (χ1) is 10.4. The Hall–Kier alpha value is -2.00. The Bertz CT molecular complexity index is 553. The SMILES string of the molecule is Cc1cccc(C)c1OC(Oc1c(C)cccc1C)C(C)O. The maximum Gasteiger partial charge on any atom is 0.266 e. The van der Waals surface area contributed by atoms with Crippen molar-refractivity contribution in [3.05, 3.63) is 58.7 Å². The molecule has 3 heteroatoms. The number of hydrogen-bond acceptors (Lipinski definition) is 3. The molecule has 0 radical (unpaired) electrons. The normalized spacial score (nSPS) is 12.3. The van der Waals surface area contributed by atoms with E-state index < -0.39 is 12.4 Å². The molecule has 1 N–H and O–H groups in total. The van der Waals surface area contributed by atoms with E-state index in [2.05, 4.69) is 0 Å². The number of benzene rings is 2. The highest BCUT2D eigenvalue weighted by atomic mass is 16.7. The molecule has 22 heavy (non-hydrogen) atoms. The van der Waals surface area contributed by atoms with Crippen LogP contribution in [0.1, 0.15) is 29.2 Å². The van der Waals surface area contributed by atoms with E-state index in [1.807, 2.05) is 64.1 Å². The molecule has 1 unspecified atom stereocenters. The third-order valence-corrected chi connectivity index (χ3v) is 3.68. The molecular weight excluding hydrogens is 276 g/mol. The highest BCUT2D eigenvalue weighted by molar-refractivity contribution is 5.41. The molecule has 0 aromatic heterocycles. The summed E-state index contributed by atoms with van der Waals surface area (Å²) in [6.07, 6.45) is -1.50. The fourth-order valence-electron chi connectivity index (χ4n) is 2.42. The molecule has 0 fully saturated rings. The van der Waals surface area contributed by atoms with Crippen molar-refractivity contribution < 1.29 is 14.6 Å². The van der Waals surface area contributed by atoms with Crippen molar-refractivity contribution in [2.24, 2.45) is 0 Å². The van der Waals surface area contributed by atoms with Crippen molar-refractivity contribution in [2.75, 3.05) is 0 Å². The van der Waals surface area contributed by atoms with Crippen LogP contribution in [0.15, 0.2) is 36.4 Å². The van der Waals surface area contributed by atoms with Gasteiger partial charge in [-0.1, -0.05) is 36.4 Å². The molecule has 0 bridgehead atoms. The van der Waals surface area contributed by atoms with Gasteiger partial charge in [-0.15, -0.1) is 0 Å². The van der Waals surface area contributed by atoms with Gasteiger partial charge in [0.2, 0.25) is 0 Å². The predicted octanol–water partition coefficient (Wildman–Crippen LogP) is 4.08. The van der Waals surface area contributed by atoms with E-state index in [0.717, 1.165) is 33.8 Å².